The molecule has 5 N–H and O–H groups in total. The number of hydrogen-bond donors (Lipinski definition) is 5. The number of sulfonamides is 1. The number of aliphatic hydroxyl groups is 4. The van der Waals surface area contributed by atoms with Crippen LogP contribution in [0, 0.1) is 0 Å². The average molecular weight is 409 g/mol. The minimum Gasteiger partial charge on any atom is -0.394 e. The van der Waals surface area contributed by atoms with Gasteiger partial charge in [0.05, 0.1) is 11.5 Å². The van der Waals surface area contributed by atoms with Gasteiger partial charge in [0, 0.05) is 0 Å². The SMILES string of the molecule is CNS(=O)(=O)c1cccc(-c2cccc([C@H]3O[C@H](CO)[C@@H](O)[C@H](O)[C@H]3O)c2)c1. The van der Waals surface area contributed by atoms with Crippen LogP contribution >= 0.6 is 0 Å². The molecule has 28 heavy (non-hydrogen) atoms. The topological polar surface area (TPSA) is 136 Å². The normalized spacial score (nSPS) is 28.2. The molecule has 1 fully saturated rings. The van der Waals surface area contributed by atoms with E-state index in [1.165, 1.54) is 19.2 Å². The smallest absolute Gasteiger partial charge is 0.240 e. The maximum Gasteiger partial charge on any atom is 0.240 e. The Labute approximate surface area is 163 Å². The van der Waals surface area contributed by atoms with Crippen molar-refractivity contribution in [2.45, 2.75) is 35.4 Å². The molecular weight excluding hydrogens is 386 g/mol. The van der Waals surface area contributed by atoms with E-state index in [-0.39, 0.29) is 4.90 Å². The first-order valence-electron chi connectivity index (χ1n) is 8.73. The van der Waals surface area contributed by atoms with Gasteiger partial charge >= 0.3 is 0 Å². The van der Waals surface area contributed by atoms with Crippen LogP contribution in [0.3, 0.4) is 0 Å². The molecule has 2 aromatic carbocycles. The molecule has 0 saturated carbocycles. The lowest BCUT2D eigenvalue weighted by molar-refractivity contribution is -0.231. The standard InChI is InChI=1S/C19H23NO7S/c1-20-28(25,26)14-7-3-5-12(9-14)11-4-2-6-13(8-11)19-18(24)17(23)16(22)15(10-21)27-19/h2-9,15-24H,10H2,1H3/t15-,16-,17+,18-,19-/m1/s1. The predicted octanol–water partition coefficient (Wildman–Crippen LogP) is -0.223. The summed E-state index contributed by atoms with van der Waals surface area (Å²) in [6, 6.07) is 13.3. The van der Waals surface area contributed by atoms with Crippen molar-refractivity contribution in [2.24, 2.45) is 0 Å². The summed E-state index contributed by atoms with van der Waals surface area (Å²) in [6.07, 6.45) is -6.24. The highest BCUT2D eigenvalue weighted by molar-refractivity contribution is 7.89. The highest BCUT2D eigenvalue weighted by atomic mass is 32.2. The van der Waals surface area contributed by atoms with Crippen LogP contribution < -0.4 is 4.72 Å². The van der Waals surface area contributed by atoms with E-state index in [4.69, 9.17) is 4.74 Å². The maximum absolute atomic E-state index is 12.0. The molecule has 0 radical (unpaired) electrons. The lowest BCUT2D eigenvalue weighted by Crippen LogP contribution is -2.55. The van der Waals surface area contributed by atoms with Crippen molar-refractivity contribution in [1.82, 2.24) is 4.72 Å². The molecule has 8 nitrogen and oxygen atoms in total. The molecular formula is C19H23NO7S. The number of hydrogen-bond acceptors (Lipinski definition) is 7. The number of benzene rings is 2. The van der Waals surface area contributed by atoms with Crippen molar-refractivity contribution in [3.05, 3.63) is 54.1 Å². The molecule has 0 bridgehead atoms. The van der Waals surface area contributed by atoms with Crippen molar-refractivity contribution in [1.29, 1.82) is 0 Å². The summed E-state index contributed by atoms with van der Waals surface area (Å²) in [5.41, 5.74) is 1.85. The van der Waals surface area contributed by atoms with Crippen molar-refractivity contribution in [2.75, 3.05) is 13.7 Å². The van der Waals surface area contributed by atoms with Crippen molar-refractivity contribution in [3.8, 4) is 11.1 Å². The number of nitrogens with one attached hydrogen (secondary N) is 1. The molecule has 0 aromatic heterocycles. The highest BCUT2D eigenvalue weighted by Gasteiger charge is 2.43. The quantitative estimate of drug-likeness (QED) is 0.460. The highest BCUT2D eigenvalue weighted by Crippen LogP contribution is 2.34. The van der Waals surface area contributed by atoms with Gasteiger partial charge in [0.2, 0.25) is 10.0 Å². The van der Waals surface area contributed by atoms with Gasteiger partial charge in [0.25, 0.3) is 0 Å². The van der Waals surface area contributed by atoms with E-state index in [1.807, 2.05) is 0 Å². The first-order valence-corrected chi connectivity index (χ1v) is 10.2. The fourth-order valence-corrected chi connectivity index (χ4v) is 4.01. The Morgan fingerprint density at radius 2 is 1.61 bits per heavy atom. The van der Waals surface area contributed by atoms with Gasteiger partial charge in [-0.3, -0.25) is 0 Å². The first kappa shape index (κ1) is 20.9. The largest absolute Gasteiger partial charge is 0.394 e. The molecule has 0 aliphatic carbocycles. The zero-order chi connectivity index (χ0) is 20.5. The molecule has 3 rings (SSSR count). The fourth-order valence-electron chi connectivity index (χ4n) is 3.23. The Balaban J connectivity index is 1.96. The van der Waals surface area contributed by atoms with Crippen molar-refractivity contribution >= 4 is 10.0 Å². The van der Waals surface area contributed by atoms with Crippen LogP contribution in [-0.4, -0.2) is 66.9 Å². The van der Waals surface area contributed by atoms with Gasteiger partial charge in [-0.05, 0) is 41.9 Å². The number of aliphatic hydroxyl groups excluding tert-OH is 4. The molecule has 1 heterocycles. The van der Waals surface area contributed by atoms with Crippen LogP contribution in [0.25, 0.3) is 11.1 Å². The van der Waals surface area contributed by atoms with Crippen LogP contribution in [0.15, 0.2) is 53.4 Å². The minimum atomic E-state index is -3.60. The molecule has 1 aliphatic heterocycles. The monoisotopic (exact) mass is 409 g/mol. The van der Waals surface area contributed by atoms with Crippen molar-refractivity contribution in [3.63, 3.8) is 0 Å². The summed E-state index contributed by atoms with van der Waals surface area (Å²) in [6.45, 7) is -0.509. The van der Waals surface area contributed by atoms with E-state index in [1.54, 1.807) is 36.4 Å². The summed E-state index contributed by atoms with van der Waals surface area (Å²) in [5, 5.41) is 39.6. The Hall–Kier alpha value is -1.85. The van der Waals surface area contributed by atoms with Crippen LogP contribution in [-0.2, 0) is 14.8 Å². The zero-order valence-corrected chi connectivity index (χ0v) is 16.0. The summed E-state index contributed by atoms with van der Waals surface area (Å²) in [5.74, 6) is 0. The second kappa shape index (κ2) is 8.26. The Kier molecular flexibility index (Phi) is 6.15. The van der Waals surface area contributed by atoms with E-state index in [2.05, 4.69) is 4.72 Å². The molecule has 152 valence electrons. The summed E-state index contributed by atoms with van der Waals surface area (Å²) in [4.78, 5) is 0.116. The Morgan fingerprint density at radius 1 is 0.964 bits per heavy atom. The molecule has 2 aromatic rings. The average Bonchev–Trinajstić information content (AvgIpc) is 2.72. The minimum absolute atomic E-state index is 0.116. The van der Waals surface area contributed by atoms with Crippen LogP contribution in [0.2, 0.25) is 0 Å². The van der Waals surface area contributed by atoms with E-state index < -0.39 is 47.2 Å². The van der Waals surface area contributed by atoms with Gasteiger partial charge in [0.1, 0.15) is 30.5 Å². The summed E-state index contributed by atoms with van der Waals surface area (Å²) < 4.78 is 31.9. The van der Waals surface area contributed by atoms with Gasteiger partial charge < -0.3 is 25.2 Å². The van der Waals surface area contributed by atoms with E-state index in [0.717, 1.165) is 0 Å². The fraction of sp³-hybridized carbons (Fsp3) is 0.368. The maximum atomic E-state index is 12.0. The molecule has 0 unspecified atom stereocenters. The van der Waals surface area contributed by atoms with Gasteiger partial charge in [-0.15, -0.1) is 0 Å². The van der Waals surface area contributed by atoms with Gasteiger partial charge in [-0.2, -0.15) is 0 Å². The molecule has 1 aliphatic rings. The van der Waals surface area contributed by atoms with Gasteiger partial charge in [0.15, 0.2) is 0 Å². The van der Waals surface area contributed by atoms with Gasteiger partial charge in [-0.25, -0.2) is 13.1 Å². The van der Waals surface area contributed by atoms with Crippen LogP contribution in [0.1, 0.15) is 11.7 Å². The van der Waals surface area contributed by atoms with Crippen LogP contribution in [0.5, 0.6) is 0 Å². The predicted molar refractivity (Wildman–Crippen MR) is 101 cm³/mol. The lowest BCUT2D eigenvalue weighted by Gasteiger charge is -2.40. The first-order chi connectivity index (χ1) is 13.3. The summed E-state index contributed by atoms with van der Waals surface area (Å²) in [7, 11) is -2.26. The molecule has 0 amide bonds. The molecule has 1 saturated heterocycles. The summed E-state index contributed by atoms with van der Waals surface area (Å²) >= 11 is 0. The van der Waals surface area contributed by atoms with E-state index >= 15 is 0 Å². The van der Waals surface area contributed by atoms with Crippen molar-refractivity contribution < 1.29 is 33.6 Å². The van der Waals surface area contributed by atoms with Crippen LogP contribution in [0.4, 0.5) is 0 Å². The van der Waals surface area contributed by atoms with Gasteiger partial charge in [-0.1, -0.05) is 30.3 Å². The second-order valence-electron chi connectivity index (χ2n) is 6.61. The zero-order valence-electron chi connectivity index (χ0n) is 15.1. The molecule has 9 heteroatoms. The van der Waals surface area contributed by atoms with E-state index in [0.29, 0.717) is 16.7 Å². The second-order valence-corrected chi connectivity index (χ2v) is 8.50. The third-order valence-electron chi connectivity index (χ3n) is 4.85. The molecule has 0 spiro atoms. The Morgan fingerprint density at radius 3 is 2.25 bits per heavy atom. The van der Waals surface area contributed by atoms with E-state index in [9.17, 15) is 28.8 Å². The third-order valence-corrected chi connectivity index (χ3v) is 6.27. The lowest BCUT2D eigenvalue weighted by atomic mass is 9.90. The third kappa shape index (κ3) is 3.96. The molecule has 5 atom stereocenters. The Bertz CT molecular complexity index is 931. The number of rotatable bonds is 5. The number of ether oxygens (including phenoxy) is 1.